The molecule has 8 heteroatoms. The van der Waals surface area contributed by atoms with Crippen molar-refractivity contribution in [2.24, 2.45) is 10.9 Å². The minimum Gasteiger partial charge on any atom is -0.493 e. The molecular weight excluding hydrogens is 394 g/mol. The van der Waals surface area contributed by atoms with Gasteiger partial charge in [0.15, 0.2) is 17.5 Å². The fourth-order valence-corrected chi connectivity index (χ4v) is 3.80. The number of rotatable bonds is 11. The second-order valence-electron chi connectivity index (χ2n) is 7.95. The number of likely N-dealkylation sites (N-methyl/N-ethyl adjacent to an activating group) is 1. The van der Waals surface area contributed by atoms with E-state index < -0.39 is 0 Å². The summed E-state index contributed by atoms with van der Waals surface area (Å²) in [4.78, 5) is 9.83. The summed E-state index contributed by atoms with van der Waals surface area (Å²) < 4.78 is 16.3. The van der Waals surface area contributed by atoms with Gasteiger partial charge in [-0.25, -0.2) is 4.99 Å². The van der Waals surface area contributed by atoms with Crippen LogP contribution < -0.4 is 24.8 Å². The molecule has 31 heavy (non-hydrogen) atoms. The number of piperazine rings is 1. The third-order valence-electron chi connectivity index (χ3n) is 5.59. The van der Waals surface area contributed by atoms with Crippen molar-refractivity contribution < 1.29 is 14.2 Å². The van der Waals surface area contributed by atoms with Crippen molar-refractivity contribution in [1.82, 2.24) is 20.4 Å². The van der Waals surface area contributed by atoms with E-state index in [9.17, 15) is 0 Å². The highest BCUT2D eigenvalue weighted by atomic mass is 16.5. The zero-order chi connectivity index (χ0) is 22.6. The Balaban J connectivity index is 1.93. The first-order valence-electron chi connectivity index (χ1n) is 11.3. The molecule has 1 fully saturated rings. The van der Waals surface area contributed by atoms with Gasteiger partial charge in [-0.3, -0.25) is 0 Å². The Labute approximate surface area is 187 Å². The summed E-state index contributed by atoms with van der Waals surface area (Å²) in [5.41, 5.74) is 0.994. The van der Waals surface area contributed by atoms with Gasteiger partial charge in [0.25, 0.3) is 0 Å². The molecule has 1 atom stereocenters. The normalized spacial score (nSPS) is 16.6. The highest BCUT2D eigenvalue weighted by Crippen LogP contribution is 2.38. The first-order valence-corrected chi connectivity index (χ1v) is 11.3. The van der Waals surface area contributed by atoms with Crippen LogP contribution >= 0.6 is 0 Å². The number of aliphatic imine (C=N–C) groups is 1. The monoisotopic (exact) mass is 435 g/mol. The van der Waals surface area contributed by atoms with Crippen molar-refractivity contribution in [3.63, 3.8) is 0 Å². The molecule has 1 unspecified atom stereocenters. The lowest BCUT2D eigenvalue weighted by atomic mass is 10.1. The fraction of sp³-hybridized carbons (Fsp3) is 0.696. The van der Waals surface area contributed by atoms with Crippen LogP contribution in [0.4, 0.5) is 0 Å². The molecule has 0 amide bonds. The largest absolute Gasteiger partial charge is 0.493 e. The Morgan fingerprint density at radius 1 is 0.968 bits per heavy atom. The lowest BCUT2D eigenvalue weighted by Gasteiger charge is -2.35. The highest BCUT2D eigenvalue weighted by molar-refractivity contribution is 5.79. The van der Waals surface area contributed by atoms with Gasteiger partial charge in [0.1, 0.15) is 0 Å². The molecule has 1 aliphatic rings. The van der Waals surface area contributed by atoms with E-state index in [0.29, 0.717) is 29.7 Å². The molecule has 1 aliphatic heterocycles. The predicted octanol–water partition coefficient (Wildman–Crippen LogP) is 2.04. The Hall–Kier alpha value is -2.19. The number of nitrogens with one attached hydrogen (secondary N) is 2. The summed E-state index contributed by atoms with van der Waals surface area (Å²) in [7, 11) is 4.86. The maximum atomic E-state index is 5.45. The van der Waals surface area contributed by atoms with Crippen LogP contribution in [0.2, 0.25) is 0 Å². The standard InChI is InChI=1S/C23H41N5O3/c1-7-24-23(25-15-18(3)17-28-11-9-27(8-2)10-12-28)26-16-19-13-20(29-4)22(31-6)21(14-19)30-5/h13-14,18H,7-12,15-17H2,1-6H3,(H2,24,25,26). The van der Waals surface area contributed by atoms with Crippen LogP contribution in [0.3, 0.4) is 0 Å². The van der Waals surface area contributed by atoms with Crippen LogP contribution in [0, 0.1) is 5.92 Å². The van der Waals surface area contributed by atoms with E-state index in [2.05, 4.69) is 41.2 Å². The van der Waals surface area contributed by atoms with Crippen LogP contribution in [-0.2, 0) is 6.54 Å². The van der Waals surface area contributed by atoms with Crippen LogP contribution in [0.25, 0.3) is 0 Å². The third-order valence-corrected chi connectivity index (χ3v) is 5.59. The molecule has 0 aromatic heterocycles. The minimum atomic E-state index is 0.513. The average molecular weight is 436 g/mol. The predicted molar refractivity (Wildman–Crippen MR) is 127 cm³/mol. The van der Waals surface area contributed by atoms with E-state index in [0.717, 1.165) is 50.8 Å². The first kappa shape index (κ1) is 25.1. The Morgan fingerprint density at radius 2 is 1.58 bits per heavy atom. The number of hydrogen-bond donors (Lipinski definition) is 2. The van der Waals surface area contributed by atoms with Crippen molar-refractivity contribution in [1.29, 1.82) is 0 Å². The van der Waals surface area contributed by atoms with E-state index in [1.807, 2.05) is 12.1 Å². The second kappa shape index (κ2) is 13.3. The summed E-state index contributed by atoms with van der Waals surface area (Å²) in [6, 6.07) is 3.87. The Morgan fingerprint density at radius 3 is 2.10 bits per heavy atom. The van der Waals surface area contributed by atoms with Gasteiger partial charge in [-0.15, -0.1) is 0 Å². The van der Waals surface area contributed by atoms with Gasteiger partial charge in [-0.1, -0.05) is 13.8 Å². The van der Waals surface area contributed by atoms with Crippen LogP contribution in [0.15, 0.2) is 17.1 Å². The minimum absolute atomic E-state index is 0.513. The van der Waals surface area contributed by atoms with E-state index >= 15 is 0 Å². The second-order valence-corrected chi connectivity index (χ2v) is 7.95. The fourth-order valence-electron chi connectivity index (χ4n) is 3.80. The lowest BCUT2D eigenvalue weighted by Crippen LogP contribution is -2.48. The topological polar surface area (TPSA) is 70.6 Å². The van der Waals surface area contributed by atoms with E-state index in [1.54, 1.807) is 21.3 Å². The van der Waals surface area contributed by atoms with Crippen molar-refractivity contribution in [2.75, 3.05) is 73.7 Å². The third kappa shape index (κ3) is 7.78. The van der Waals surface area contributed by atoms with Gasteiger partial charge in [0.05, 0.1) is 27.9 Å². The van der Waals surface area contributed by atoms with Gasteiger partial charge in [0, 0.05) is 45.8 Å². The molecule has 2 rings (SSSR count). The molecule has 176 valence electrons. The van der Waals surface area contributed by atoms with E-state index in [-0.39, 0.29) is 0 Å². The van der Waals surface area contributed by atoms with E-state index in [1.165, 1.54) is 13.1 Å². The van der Waals surface area contributed by atoms with Gasteiger partial charge in [-0.2, -0.15) is 0 Å². The van der Waals surface area contributed by atoms with Crippen molar-refractivity contribution in [2.45, 2.75) is 27.3 Å². The molecule has 1 aromatic rings. The highest BCUT2D eigenvalue weighted by Gasteiger charge is 2.17. The molecule has 0 radical (unpaired) electrons. The molecule has 8 nitrogen and oxygen atoms in total. The quantitative estimate of drug-likeness (QED) is 0.407. The van der Waals surface area contributed by atoms with Gasteiger partial charge >= 0.3 is 0 Å². The Bertz CT molecular complexity index is 665. The molecule has 0 spiro atoms. The summed E-state index contributed by atoms with van der Waals surface area (Å²) in [6.07, 6.45) is 0. The number of guanidine groups is 1. The van der Waals surface area contributed by atoms with Gasteiger partial charge in [0.2, 0.25) is 5.75 Å². The molecule has 0 bridgehead atoms. The average Bonchev–Trinajstić information content (AvgIpc) is 2.80. The zero-order valence-electron chi connectivity index (χ0n) is 20.2. The molecule has 1 aromatic carbocycles. The van der Waals surface area contributed by atoms with Gasteiger partial charge in [-0.05, 0) is 37.1 Å². The smallest absolute Gasteiger partial charge is 0.203 e. The Kier molecular flexibility index (Phi) is 10.7. The number of ether oxygens (including phenoxy) is 3. The van der Waals surface area contributed by atoms with Gasteiger partial charge < -0.3 is 34.6 Å². The summed E-state index contributed by atoms with van der Waals surface area (Å²) in [5, 5.41) is 6.83. The zero-order valence-corrected chi connectivity index (χ0v) is 20.2. The SMILES string of the molecule is CCNC(=NCc1cc(OC)c(OC)c(OC)c1)NCC(C)CN1CCN(CC)CC1. The molecule has 2 N–H and O–H groups in total. The van der Waals surface area contributed by atoms with Crippen molar-refractivity contribution >= 4 is 5.96 Å². The number of methoxy groups -OCH3 is 3. The number of hydrogen-bond acceptors (Lipinski definition) is 6. The van der Waals surface area contributed by atoms with Crippen LogP contribution in [0.1, 0.15) is 26.3 Å². The summed E-state index contributed by atoms with van der Waals surface area (Å²) >= 11 is 0. The molecule has 1 saturated heterocycles. The first-order chi connectivity index (χ1) is 15.0. The number of benzene rings is 1. The summed E-state index contributed by atoms with van der Waals surface area (Å²) in [6.45, 7) is 15.8. The van der Waals surface area contributed by atoms with Crippen molar-refractivity contribution in [3.8, 4) is 17.2 Å². The van der Waals surface area contributed by atoms with E-state index in [4.69, 9.17) is 19.2 Å². The number of nitrogens with zero attached hydrogens (tertiary/aromatic N) is 3. The van der Waals surface area contributed by atoms with Crippen LogP contribution in [-0.4, -0.2) is 89.4 Å². The lowest BCUT2D eigenvalue weighted by molar-refractivity contribution is 0.124. The molecular formula is C23H41N5O3. The maximum Gasteiger partial charge on any atom is 0.203 e. The molecule has 0 saturated carbocycles. The van der Waals surface area contributed by atoms with Crippen LogP contribution in [0.5, 0.6) is 17.2 Å². The maximum absolute atomic E-state index is 5.45. The summed E-state index contributed by atoms with van der Waals surface area (Å²) in [5.74, 6) is 3.23. The molecule has 0 aliphatic carbocycles. The molecule has 1 heterocycles. The van der Waals surface area contributed by atoms with Crippen molar-refractivity contribution in [3.05, 3.63) is 17.7 Å².